The number of hydrogen-bond donors (Lipinski definition) is 1. The van der Waals surface area contributed by atoms with Gasteiger partial charge in [0, 0.05) is 13.2 Å². The molecule has 1 rings (SSSR count). The predicted molar refractivity (Wildman–Crippen MR) is 29.6 cm³/mol. The lowest BCUT2D eigenvalue weighted by Crippen LogP contribution is -2.39. The monoisotopic (exact) mass is 167 g/mol. The Balaban J connectivity index is 2.40. The van der Waals surface area contributed by atoms with Crippen LogP contribution in [0.5, 0.6) is 0 Å². The van der Waals surface area contributed by atoms with Crippen LogP contribution in [0.25, 0.3) is 0 Å². The van der Waals surface area contributed by atoms with Gasteiger partial charge in [-0.3, -0.25) is 0 Å². The van der Waals surface area contributed by atoms with Gasteiger partial charge in [-0.15, -0.1) is 13.2 Å². The molecule has 1 aliphatic heterocycles. The third-order valence-corrected chi connectivity index (χ3v) is 1.09. The number of halogens is 3. The molecule has 3 nitrogen and oxygen atoms in total. The van der Waals surface area contributed by atoms with E-state index in [1.54, 1.807) is 0 Å². The second-order valence-electron chi connectivity index (χ2n) is 1.97. The average molecular weight is 167 g/mol. The van der Waals surface area contributed by atoms with Crippen molar-refractivity contribution in [3.63, 3.8) is 0 Å². The minimum Gasteiger partial charge on any atom is -0.347 e. The second kappa shape index (κ2) is 2.61. The Labute approximate surface area is 61.4 Å². The minimum absolute atomic E-state index is 1.15. The van der Waals surface area contributed by atoms with Crippen molar-refractivity contribution < 1.29 is 17.9 Å². The van der Waals surface area contributed by atoms with Gasteiger partial charge in [0.15, 0.2) is 0 Å². The zero-order chi connectivity index (χ0) is 8.48. The van der Waals surface area contributed by atoms with Gasteiger partial charge in [-0.25, -0.2) is 4.74 Å². The molecule has 1 radical (unpaired) electrons. The molecule has 0 saturated carbocycles. The fourth-order valence-electron chi connectivity index (χ4n) is 0.630. The van der Waals surface area contributed by atoms with Crippen molar-refractivity contribution in [1.29, 1.82) is 0 Å². The molecule has 6 heteroatoms. The molecule has 63 valence electrons. The van der Waals surface area contributed by atoms with E-state index in [1.165, 1.54) is 13.2 Å². The van der Waals surface area contributed by atoms with Gasteiger partial charge in [0.05, 0.1) is 6.20 Å². The molecule has 1 N–H and O–H groups in total. The number of rotatable bonds is 1. The van der Waals surface area contributed by atoms with Crippen LogP contribution < -0.4 is 5.32 Å². The van der Waals surface area contributed by atoms with E-state index in [1.807, 2.05) is 0 Å². The van der Waals surface area contributed by atoms with E-state index < -0.39 is 12.7 Å². The first-order valence-corrected chi connectivity index (χ1v) is 2.80. The fourth-order valence-corrected chi connectivity index (χ4v) is 0.630. The van der Waals surface area contributed by atoms with Crippen LogP contribution in [-0.2, 0) is 4.74 Å². The van der Waals surface area contributed by atoms with Crippen LogP contribution in [0.1, 0.15) is 0 Å². The summed E-state index contributed by atoms with van der Waals surface area (Å²) in [4.78, 5) is 1.15. The first kappa shape index (κ1) is 8.19. The van der Waals surface area contributed by atoms with Crippen molar-refractivity contribution in [3.8, 4) is 0 Å². The fraction of sp³-hybridized carbons (Fsp3) is 0.600. The zero-order valence-electron chi connectivity index (χ0n) is 5.64. The van der Waals surface area contributed by atoms with E-state index >= 15 is 0 Å². The van der Waals surface area contributed by atoms with Crippen molar-refractivity contribution >= 4 is 0 Å². The van der Waals surface area contributed by atoms with E-state index in [0.29, 0.717) is 0 Å². The summed E-state index contributed by atoms with van der Waals surface area (Å²) >= 11 is 0. The number of nitrogens with zero attached hydrogens (tertiary/aromatic N) is 1. The van der Waals surface area contributed by atoms with E-state index in [9.17, 15) is 13.2 Å². The number of hydrogen-bond acceptors (Lipinski definition) is 3. The number of ether oxygens (including phenoxy) is 1. The van der Waals surface area contributed by atoms with Crippen LogP contribution in [0.3, 0.4) is 0 Å². The molecule has 1 heterocycles. The molecule has 11 heavy (non-hydrogen) atoms. The van der Waals surface area contributed by atoms with E-state index in [4.69, 9.17) is 0 Å². The summed E-state index contributed by atoms with van der Waals surface area (Å²) < 4.78 is 38.3. The molecule has 0 spiro atoms. The van der Waals surface area contributed by atoms with Crippen LogP contribution in [0, 0.1) is 6.20 Å². The Morgan fingerprint density at radius 2 is 2.27 bits per heavy atom. The summed E-state index contributed by atoms with van der Waals surface area (Å²) in [5, 5.41) is 2.31. The van der Waals surface area contributed by atoms with E-state index in [2.05, 4.69) is 16.3 Å². The summed E-state index contributed by atoms with van der Waals surface area (Å²) in [7, 11) is 1.42. The Hall–Kier alpha value is -0.910. The van der Waals surface area contributed by atoms with Crippen molar-refractivity contribution in [2.75, 3.05) is 7.05 Å². The van der Waals surface area contributed by atoms with Crippen molar-refractivity contribution in [2.24, 2.45) is 0 Å². The molecule has 0 aromatic carbocycles. The molecule has 0 aliphatic carbocycles. The summed E-state index contributed by atoms with van der Waals surface area (Å²) in [6, 6.07) is 0. The Bertz CT molecular complexity index is 168. The minimum atomic E-state index is -4.62. The smallest absolute Gasteiger partial charge is 0.347 e. The topological polar surface area (TPSA) is 24.5 Å². The lowest BCUT2D eigenvalue weighted by molar-refractivity contribution is -0.357. The Morgan fingerprint density at radius 3 is 2.64 bits per heavy atom. The highest BCUT2D eigenvalue weighted by atomic mass is 19.4. The molecule has 0 aromatic heterocycles. The molecule has 0 bridgehead atoms. The molecular formula is C5H6F3N2O. The molecule has 1 unspecified atom stereocenters. The van der Waals surface area contributed by atoms with Crippen molar-refractivity contribution in [1.82, 2.24) is 10.2 Å². The van der Waals surface area contributed by atoms with Gasteiger partial charge in [-0.1, -0.05) is 0 Å². The molecule has 0 fully saturated rings. The predicted octanol–water partition coefficient (Wildman–Crippen LogP) is 0.616. The van der Waals surface area contributed by atoms with Crippen molar-refractivity contribution in [2.45, 2.75) is 12.7 Å². The standard InChI is InChI=1S/C5H6F3N2O/c1-10-3-2-9-4(10)11-5(6,7)8/h2,4,9H,1H3. The zero-order valence-corrected chi connectivity index (χ0v) is 5.64. The summed E-state index contributed by atoms with van der Waals surface area (Å²) in [5.41, 5.74) is 0. The molecule has 0 amide bonds. The van der Waals surface area contributed by atoms with Gasteiger partial charge in [0.25, 0.3) is 0 Å². The van der Waals surface area contributed by atoms with Gasteiger partial charge < -0.3 is 10.2 Å². The van der Waals surface area contributed by atoms with E-state index in [0.717, 1.165) is 4.90 Å². The first-order chi connectivity index (χ1) is 4.99. The first-order valence-electron chi connectivity index (χ1n) is 2.80. The SMILES string of the molecule is CN1[C]=CNC1OC(F)(F)F. The molecule has 1 atom stereocenters. The van der Waals surface area contributed by atoms with Crippen LogP contribution in [0.15, 0.2) is 6.20 Å². The third-order valence-electron chi connectivity index (χ3n) is 1.09. The largest absolute Gasteiger partial charge is 0.525 e. The Morgan fingerprint density at radius 1 is 1.64 bits per heavy atom. The molecule has 0 saturated heterocycles. The lowest BCUT2D eigenvalue weighted by Gasteiger charge is -2.21. The maximum absolute atomic E-state index is 11.6. The molecule has 0 aromatic rings. The molecule has 1 aliphatic rings. The summed E-state index contributed by atoms with van der Waals surface area (Å²) in [5.74, 6) is 0. The average Bonchev–Trinajstić information content (AvgIpc) is 2.12. The number of alkyl halides is 3. The van der Waals surface area contributed by atoms with Crippen LogP contribution in [0.2, 0.25) is 0 Å². The second-order valence-corrected chi connectivity index (χ2v) is 1.97. The van der Waals surface area contributed by atoms with Crippen LogP contribution in [-0.4, -0.2) is 24.7 Å². The van der Waals surface area contributed by atoms with E-state index in [-0.39, 0.29) is 0 Å². The highest BCUT2D eigenvalue weighted by Crippen LogP contribution is 2.20. The van der Waals surface area contributed by atoms with Gasteiger partial charge in [0.2, 0.25) is 6.35 Å². The van der Waals surface area contributed by atoms with Gasteiger partial charge in [0.1, 0.15) is 0 Å². The number of nitrogens with one attached hydrogen (secondary N) is 1. The van der Waals surface area contributed by atoms with Gasteiger partial charge in [-0.05, 0) is 0 Å². The van der Waals surface area contributed by atoms with Gasteiger partial charge >= 0.3 is 6.36 Å². The highest BCUT2D eigenvalue weighted by molar-refractivity contribution is 4.81. The Kier molecular flexibility index (Phi) is 1.95. The van der Waals surface area contributed by atoms with Crippen LogP contribution >= 0.6 is 0 Å². The van der Waals surface area contributed by atoms with Crippen LogP contribution in [0.4, 0.5) is 13.2 Å². The van der Waals surface area contributed by atoms with Gasteiger partial charge in [-0.2, -0.15) is 0 Å². The molecular weight excluding hydrogens is 161 g/mol. The maximum atomic E-state index is 11.6. The quantitative estimate of drug-likeness (QED) is 0.619. The third kappa shape index (κ3) is 2.30. The summed E-state index contributed by atoms with van der Waals surface area (Å²) in [6.07, 6.45) is -2.08. The highest BCUT2D eigenvalue weighted by Gasteiger charge is 2.35. The summed E-state index contributed by atoms with van der Waals surface area (Å²) in [6.45, 7) is 0. The normalized spacial score (nSPS) is 24.0. The lowest BCUT2D eigenvalue weighted by atomic mass is 10.8. The van der Waals surface area contributed by atoms with Crippen molar-refractivity contribution in [3.05, 3.63) is 12.4 Å². The maximum Gasteiger partial charge on any atom is 0.525 e.